The lowest BCUT2D eigenvalue weighted by Crippen LogP contribution is -2.35. The molecule has 0 radical (unpaired) electrons. The number of nitrogens with one attached hydrogen (secondary N) is 1. The van der Waals surface area contributed by atoms with Crippen LogP contribution in [-0.4, -0.2) is 17.0 Å². The lowest BCUT2D eigenvalue weighted by Gasteiger charge is -2.14. The summed E-state index contributed by atoms with van der Waals surface area (Å²) >= 11 is 0. The van der Waals surface area contributed by atoms with Crippen LogP contribution >= 0.6 is 0 Å². The Labute approximate surface area is 140 Å². The highest BCUT2D eigenvalue weighted by Gasteiger charge is 2.14. The standard InChI is InChI=1S/C19H18N2O3/c1-14(24-16-6-3-2-4-7-16)19(22)21-13-15-9-10-17(20-12-15)18-8-5-11-23-18/h2-12,14H,13H2,1H3,(H,21,22). The summed E-state index contributed by atoms with van der Waals surface area (Å²) in [6, 6.07) is 16.7. The van der Waals surface area contributed by atoms with E-state index in [4.69, 9.17) is 9.15 Å². The molecule has 1 N–H and O–H groups in total. The molecule has 0 saturated heterocycles. The summed E-state index contributed by atoms with van der Waals surface area (Å²) in [7, 11) is 0. The summed E-state index contributed by atoms with van der Waals surface area (Å²) in [6.07, 6.45) is 2.77. The highest BCUT2D eigenvalue weighted by atomic mass is 16.5. The van der Waals surface area contributed by atoms with Crippen molar-refractivity contribution < 1.29 is 13.9 Å². The van der Waals surface area contributed by atoms with Crippen molar-refractivity contribution in [2.45, 2.75) is 19.6 Å². The van der Waals surface area contributed by atoms with Crippen molar-refractivity contribution in [2.24, 2.45) is 0 Å². The summed E-state index contributed by atoms with van der Waals surface area (Å²) < 4.78 is 10.9. The van der Waals surface area contributed by atoms with E-state index in [1.807, 2.05) is 54.6 Å². The average molecular weight is 322 g/mol. The highest BCUT2D eigenvalue weighted by molar-refractivity contribution is 5.80. The Morgan fingerprint density at radius 1 is 1.17 bits per heavy atom. The fourth-order valence-corrected chi connectivity index (χ4v) is 2.19. The number of amides is 1. The van der Waals surface area contributed by atoms with Crippen molar-refractivity contribution in [1.82, 2.24) is 10.3 Å². The predicted molar refractivity (Wildman–Crippen MR) is 90.3 cm³/mol. The molecule has 1 unspecified atom stereocenters. The molecular formula is C19H18N2O3. The maximum Gasteiger partial charge on any atom is 0.261 e. The third-order valence-electron chi connectivity index (χ3n) is 3.49. The van der Waals surface area contributed by atoms with Gasteiger partial charge in [-0.2, -0.15) is 0 Å². The van der Waals surface area contributed by atoms with Gasteiger partial charge in [0.1, 0.15) is 11.4 Å². The molecule has 0 aliphatic carbocycles. The molecule has 1 aromatic carbocycles. The summed E-state index contributed by atoms with van der Waals surface area (Å²) in [5.41, 5.74) is 1.67. The van der Waals surface area contributed by atoms with Crippen LogP contribution < -0.4 is 10.1 Å². The number of carbonyl (C=O) groups is 1. The van der Waals surface area contributed by atoms with E-state index in [0.29, 0.717) is 12.3 Å². The van der Waals surface area contributed by atoms with Crippen LogP contribution in [0.15, 0.2) is 71.5 Å². The van der Waals surface area contributed by atoms with Crippen molar-refractivity contribution in [2.75, 3.05) is 0 Å². The van der Waals surface area contributed by atoms with E-state index in [1.165, 1.54) is 0 Å². The molecule has 0 saturated carbocycles. The maximum absolute atomic E-state index is 12.1. The SMILES string of the molecule is CC(Oc1ccccc1)C(=O)NCc1ccc(-c2ccco2)nc1. The number of para-hydroxylation sites is 1. The molecule has 5 nitrogen and oxygen atoms in total. The summed E-state index contributed by atoms with van der Waals surface area (Å²) in [6.45, 7) is 2.12. The Morgan fingerprint density at radius 2 is 2.00 bits per heavy atom. The Morgan fingerprint density at radius 3 is 2.67 bits per heavy atom. The Hall–Kier alpha value is -3.08. The number of ether oxygens (including phenoxy) is 1. The number of benzene rings is 1. The largest absolute Gasteiger partial charge is 0.481 e. The molecule has 1 atom stereocenters. The third kappa shape index (κ3) is 4.01. The number of rotatable bonds is 6. The van der Waals surface area contributed by atoms with E-state index in [0.717, 1.165) is 17.0 Å². The minimum Gasteiger partial charge on any atom is -0.481 e. The van der Waals surface area contributed by atoms with Gasteiger partial charge < -0.3 is 14.5 Å². The topological polar surface area (TPSA) is 64.4 Å². The zero-order valence-corrected chi connectivity index (χ0v) is 13.3. The quantitative estimate of drug-likeness (QED) is 0.755. The summed E-state index contributed by atoms with van der Waals surface area (Å²) in [4.78, 5) is 16.4. The first kappa shape index (κ1) is 15.8. The van der Waals surface area contributed by atoms with Crippen molar-refractivity contribution in [3.8, 4) is 17.2 Å². The Bertz CT molecular complexity index is 768. The van der Waals surface area contributed by atoms with Crippen LogP contribution in [0.25, 0.3) is 11.5 Å². The lowest BCUT2D eigenvalue weighted by molar-refractivity contribution is -0.127. The zero-order valence-electron chi connectivity index (χ0n) is 13.3. The number of carbonyl (C=O) groups excluding carboxylic acids is 1. The van der Waals surface area contributed by atoms with Gasteiger partial charge in [-0.15, -0.1) is 0 Å². The van der Waals surface area contributed by atoms with Crippen LogP contribution in [0, 0.1) is 0 Å². The van der Waals surface area contributed by atoms with Gasteiger partial charge in [0.25, 0.3) is 5.91 Å². The predicted octanol–water partition coefficient (Wildman–Crippen LogP) is 3.43. The average Bonchev–Trinajstić information content (AvgIpc) is 3.15. The van der Waals surface area contributed by atoms with E-state index in [-0.39, 0.29) is 5.91 Å². The van der Waals surface area contributed by atoms with E-state index in [9.17, 15) is 4.79 Å². The van der Waals surface area contributed by atoms with Crippen LogP contribution in [0.1, 0.15) is 12.5 Å². The second kappa shape index (κ2) is 7.46. The lowest BCUT2D eigenvalue weighted by atomic mass is 10.2. The van der Waals surface area contributed by atoms with Crippen molar-refractivity contribution in [3.05, 3.63) is 72.6 Å². The maximum atomic E-state index is 12.1. The number of hydrogen-bond acceptors (Lipinski definition) is 4. The van der Waals surface area contributed by atoms with Crippen molar-refractivity contribution >= 4 is 5.91 Å². The summed E-state index contributed by atoms with van der Waals surface area (Å²) in [5, 5.41) is 2.85. The molecule has 24 heavy (non-hydrogen) atoms. The second-order valence-electron chi connectivity index (χ2n) is 5.32. The molecule has 0 spiro atoms. The number of pyridine rings is 1. The van der Waals surface area contributed by atoms with Crippen LogP contribution in [0.3, 0.4) is 0 Å². The molecule has 5 heteroatoms. The zero-order chi connectivity index (χ0) is 16.8. The van der Waals surface area contributed by atoms with Gasteiger partial charge >= 0.3 is 0 Å². The molecular weight excluding hydrogens is 304 g/mol. The molecule has 0 aliphatic rings. The van der Waals surface area contributed by atoms with Crippen LogP contribution in [0.2, 0.25) is 0 Å². The Kier molecular flexibility index (Phi) is 4.91. The fraction of sp³-hybridized carbons (Fsp3) is 0.158. The first-order valence-corrected chi connectivity index (χ1v) is 7.70. The first-order valence-electron chi connectivity index (χ1n) is 7.70. The van der Waals surface area contributed by atoms with Crippen molar-refractivity contribution in [1.29, 1.82) is 0 Å². The van der Waals surface area contributed by atoms with E-state index >= 15 is 0 Å². The Balaban J connectivity index is 1.52. The van der Waals surface area contributed by atoms with E-state index in [1.54, 1.807) is 19.4 Å². The van der Waals surface area contributed by atoms with Gasteiger partial charge in [0, 0.05) is 12.7 Å². The number of hydrogen-bond donors (Lipinski definition) is 1. The summed E-state index contributed by atoms with van der Waals surface area (Å²) in [5.74, 6) is 1.22. The number of nitrogens with zero attached hydrogens (tertiary/aromatic N) is 1. The molecule has 0 fully saturated rings. The van der Waals surface area contributed by atoms with Gasteiger partial charge in [-0.05, 0) is 42.8 Å². The molecule has 3 rings (SSSR count). The van der Waals surface area contributed by atoms with E-state index in [2.05, 4.69) is 10.3 Å². The molecule has 3 aromatic rings. The molecule has 0 bridgehead atoms. The molecule has 1 amide bonds. The van der Waals surface area contributed by atoms with Crippen LogP contribution in [0.4, 0.5) is 0 Å². The molecule has 0 aliphatic heterocycles. The van der Waals surface area contributed by atoms with Gasteiger partial charge in [0.05, 0.1) is 6.26 Å². The van der Waals surface area contributed by atoms with Gasteiger partial charge in [0.15, 0.2) is 11.9 Å². The smallest absolute Gasteiger partial charge is 0.261 e. The molecule has 2 heterocycles. The minimum absolute atomic E-state index is 0.172. The first-order chi connectivity index (χ1) is 11.7. The van der Waals surface area contributed by atoms with Gasteiger partial charge in [0.2, 0.25) is 0 Å². The third-order valence-corrected chi connectivity index (χ3v) is 3.49. The number of aromatic nitrogens is 1. The van der Waals surface area contributed by atoms with Crippen molar-refractivity contribution in [3.63, 3.8) is 0 Å². The van der Waals surface area contributed by atoms with Crippen LogP contribution in [0.5, 0.6) is 5.75 Å². The fourth-order valence-electron chi connectivity index (χ4n) is 2.19. The van der Waals surface area contributed by atoms with Crippen LogP contribution in [-0.2, 0) is 11.3 Å². The van der Waals surface area contributed by atoms with Gasteiger partial charge in [-0.3, -0.25) is 9.78 Å². The molecule has 2 aromatic heterocycles. The second-order valence-corrected chi connectivity index (χ2v) is 5.32. The van der Waals surface area contributed by atoms with Gasteiger partial charge in [-0.1, -0.05) is 24.3 Å². The highest BCUT2D eigenvalue weighted by Crippen LogP contribution is 2.17. The normalized spacial score (nSPS) is 11.7. The monoisotopic (exact) mass is 322 g/mol. The molecule has 122 valence electrons. The number of furan rings is 1. The van der Waals surface area contributed by atoms with E-state index < -0.39 is 6.10 Å². The van der Waals surface area contributed by atoms with Gasteiger partial charge in [-0.25, -0.2) is 0 Å². The minimum atomic E-state index is -0.567.